The van der Waals surface area contributed by atoms with Gasteiger partial charge < -0.3 is 0 Å². The van der Waals surface area contributed by atoms with Gasteiger partial charge in [0.15, 0.2) is 9.84 Å². The summed E-state index contributed by atoms with van der Waals surface area (Å²) in [4.78, 5) is -0.387. The molecule has 28 heavy (non-hydrogen) atoms. The molecule has 0 heterocycles. The van der Waals surface area contributed by atoms with Gasteiger partial charge in [-0.3, -0.25) is 4.72 Å². The minimum atomic E-state index is -4.06. The Morgan fingerprint density at radius 1 is 0.857 bits per heavy atom. The van der Waals surface area contributed by atoms with Crippen molar-refractivity contribution >= 4 is 37.1 Å². The molecule has 0 bridgehead atoms. The summed E-state index contributed by atoms with van der Waals surface area (Å²) in [5, 5.41) is -0.0477. The Kier molecular flexibility index (Phi) is 4.49. The summed E-state index contributed by atoms with van der Waals surface area (Å²) < 4.78 is 51.7. The Balaban J connectivity index is 1.70. The van der Waals surface area contributed by atoms with Crippen LogP contribution >= 0.6 is 11.6 Å². The zero-order valence-electron chi connectivity index (χ0n) is 14.8. The van der Waals surface area contributed by atoms with E-state index >= 15 is 0 Å². The number of hydrogen-bond acceptors (Lipinski definition) is 4. The Morgan fingerprint density at radius 2 is 1.57 bits per heavy atom. The van der Waals surface area contributed by atoms with Gasteiger partial charge in [0.25, 0.3) is 10.0 Å². The number of anilines is 1. The molecule has 3 aromatic rings. The van der Waals surface area contributed by atoms with Crippen molar-refractivity contribution in [2.75, 3.05) is 11.0 Å². The van der Waals surface area contributed by atoms with Crippen LogP contribution in [0.15, 0.2) is 70.5 Å². The molecule has 0 atom stereocenters. The van der Waals surface area contributed by atoms with Crippen LogP contribution in [0.25, 0.3) is 11.1 Å². The lowest BCUT2D eigenvalue weighted by Gasteiger charge is -2.12. The molecule has 3 aromatic carbocycles. The maximum atomic E-state index is 12.8. The summed E-state index contributed by atoms with van der Waals surface area (Å²) in [6, 6.07) is 17.0. The van der Waals surface area contributed by atoms with Crippen molar-refractivity contribution in [3.05, 3.63) is 76.8 Å². The van der Waals surface area contributed by atoms with E-state index in [0.717, 1.165) is 35.4 Å². The van der Waals surface area contributed by atoms with Gasteiger partial charge in [-0.05, 0) is 59.0 Å². The largest absolute Gasteiger partial charge is 0.280 e. The molecule has 1 N–H and O–H groups in total. The van der Waals surface area contributed by atoms with Crippen LogP contribution in [0, 0.1) is 0 Å². The summed E-state index contributed by atoms with van der Waals surface area (Å²) >= 11 is 6.04. The van der Waals surface area contributed by atoms with Crippen molar-refractivity contribution < 1.29 is 16.8 Å². The molecule has 0 aliphatic heterocycles. The molecule has 1 aliphatic carbocycles. The number of nitrogens with one attached hydrogen (secondary N) is 1. The second kappa shape index (κ2) is 6.62. The van der Waals surface area contributed by atoms with Crippen LogP contribution in [0.3, 0.4) is 0 Å². The van der Waals surface area contributed by atoms with E-state index in [1.165, 1.54) is 17.7 Å². The van der Waals surface area contributed by atoms with E-state index in [4.69, 9.17) is 11.6 Å². The minimum Gasteiger partial charge on any atom is -0.280 e. The Hall–Kier alpha value is -2.35. The van der Waals surface area contributed by atoms with Gasteiger partial charge in [0.2, 0.25) is 0 Å². The highest BCUT2D eigenvalue weighted by Gasteiger charge is 2.23. The monoisotopic (exact) mass is 433 g/mol. The van der Waals surface area contributed by atoms with Crippen LogP contribution in [0.5, 0.6) is 0 Å². The second-order valence-corrected chi connectivity index (χ2v) is 10.7. The van der Waals surface area contributed by atoms with Crippen LogP contribution in [0.4, 0.5) is 5.69 Å². The molecule has 0 saturated carbocycles. The fourth-order valence-corrected chi connectivity index (χ4v) is 5.64. The Bertz CT molecular complexity index is 1320. The van der Waals surface area contributed by atoms with Crippen LogP contribution < -0.4 is 4.72 Å². The average molecular weight is 434 g/mol. The third-order valence-electron chi connectivity index (χ3n) is 4.67. The topological polar surface area (TPSA) is 80.3 Å². The highest BCUT2D eigenvalue weighted by Crippen LogP contribution is 2.38. The Morgan fingerprint density at radius 3 is 2.32 bits per heavy atom. The average Bonchev–Trinajstić information content (AvgIpc) is 2.98. The molecule has 5 nitrogen and oxygen atoms in total. The van der Waals surface area contributed by atoms with Crippen molar-refractivity contribution in [3.8, 4) is 11.1 Å². The number of hydrogen-bond donors (Lipinski definition) is 1. The number of rotatable bonds is 4. The number of sulfone groups is 1. The first-order valence-electron chi connectivity index (χ1n) is 8.39. The number of fused-ring (bicyclic) bond motifs is 3. The second-order valence-electron chi connectivity index (χ2n) is 6.68. The zero-order chi connectivity index (χ0) is 20.1. The first-order chi connectivity index (χ1) is 13.1. The van der Waals surface area contributed by atoms with Gasteiger partial charge in [0.05, 0.1) is 9.92 Å². The quantitative estimate of drug-likeness (QED) is 0.525. The van der Waals surface area contributed by atoms with Crippen molar-refractivity contribution in [1.29, 1.82) is 0 Å². The van der Waals surface area contributed by atoms with E-state index in [2.05, 4.69) is 10.8 Å². The van der Waals surface area contributed by atoms with E-state index in [0.29, 0.717) is 5.69 Å². The van der Waals surface area contributed by atoms with Crippen molar-refractivity contribution in [2.45, 2.75) is 16.2 Å². The normalized spacial score (nSPS) is 13.1. The molecule has 0 spiro atoms. The predicted octanol–water partition coefficient (Wildman–Crippen LogP) is 4.12. The van der Waals surface area contributed by atoms with Crippen molar-refractivity contribution in [3.63, 3.8) is 0 Å². The van der Waals surface area contributed by atoms with Gasteiger partial charge in [-0.25, -0.2) is 16.8 Å². The van der Waals surface area contributed by atoms with Gasteiger partial charge in [0.1, 0.15) is 4.90 Å². The lowest BCUT2D eigenvalue weighted by atomic mass is 10.1. The van der Waals surface area contributed by atoms with Crippen LogP contribution in [-0.4, -0.2) is 23.1 Å². The number of benzene rings is 3. The summed E-state index contributed by atoms with van der Waals surface area (Å²) in [5.74, 6) is 0. The van der Waals surface area contributed by atoms with Gasteiger partial charge in [-0.2, -0.15) is 0 Å². The smallest absolute Gasteiger partial charge is 0.263 e. The van der Waals surface area contributed by atoms with Crippen LogP contribution in [0.1, 0.15) is 11.1 Å². The molecule has 1 aliphatic rings. The lowest BCUT2D eigenvalue weighted by Crippen LogP contribution is -2.14. The van der Waals surface area contributed by atoms with Crippen molar-refractivity contribution in [1.82, 2.24) is 0 Å². The minimum absolute atomic E-state index is 0.0477. The molecule has 0 radical (unpaired) electrons. The van der Waals surface area contributed by atoms with Gasteiger partial charge in [-0.1, -0.05) is 41.9 Å². The van der Waals surface area contributed by atoms with Crippen molar-refractivity contribution in [2.24, 2.45) is 0 Å². The summed E-state index contributed by atoms with van der Waals surface area (Å²) in [6.45, 7) is 0. The predicted molar refractivity (Wildman–Crippen MR) is 110 cm³/mol. The standard InChI is InChI=1S/C20H16ClNO4S2/c1-27(23,24)16-7-9-19(21)20(12-16)28(25,26)22-15-6-8-18-14(11-15)10-13-4-2-3-5-17(13)18/h2-9,11-12,22H,10H2,1H3. The molecule has 0 fully saturated rings. The molecule has 8 heteroatoms. The third-order valence-corrected chi connectivity index (χ3v) is 7.64. The van der Waals surface area contributed by atoms with Gasteiger partial charge in [0, 0.05) is 11.9 Å². The first kappa shape index (κ1) is 19.0. The summed E-state index contributed by atoms with van der Waals surface area (Å²) in [5.41, 5.74) is 4.85. The molecule has 0 unspecified atom stereocenters. The molecule has 0 aromatic heterocycles. The fraction of sp³-hybridized carbons (Fsp3) is 0.100. The van der Waals surface area contributed by atoms with E-state index in [-0.39, 0.29) is 14.8 Å². The SMILES string of the molecule is CS(=O)(=O)c1ccc(Cl)c(S(=O)(=O)Nc2ccc3c(c2)Cc2ccccc2-3)c1. The fourth-order valence-electron chi connectivity index (χ4n) is 3.34. The maximum absolute atomic E-state index is 12.8. The lowest BCUT2D eigenvalue weighted by molar-refractivity contribution is 0.600. The Labute approximate surface area is 169 Å². The van der Waals surface area contributed by atoms with E-state index in [1.807, 2.05) is 24.3 Å². The number of halogens is 1. The van der Waals surface area contributed by atoms with Crippen LogP contribution in [-0.2, 0) is 26.3 Å². The summed E-state index contributed by atoms with van der Waals surface area (Å²) in [7, 11) is -7.62. The molecule has 0 amide bonds. The number of sulfonamides is 1. The maximum Gasteiger partial charge on any atom is 0.263 e. The molecule has 0 saturated heterocycles. The highest BCUT2D eigenvalue weighted by atomic mass is 35.5. The van der Waals surface area contributed by atoms with E-state index < -0.39 is 19.9 Å². The van der Waals surface area contributed by atoms with Gasteiger partial charge >= 0.3 is 0 Å². The highest BCUT2D eigenvalue weighted by molar-refractivity contribution is 7.93. The molecular formula is C20H16ClNO4S2. The summed E-state index contributed by atoms with van der Waals surface area (Å²) in [6.07, 6.45) is 1.74. The molecule has 144 valence electrons. The van der Waals surface area contributed by atoms with Crippen LogP contribution in [0.2, 0.25) is 5.02 Å². The van der Waals surface area contributed by atoms with E-state index in [1.54, 1.807) is 12.1 Å². The molecule has 4 rings (SSSR count). The van der Waals surface area contributed by atoms with Gasteiger partial charge in [-0.15, -0.1) is 0 Å². The zero-order valence-corrected chi connectivity index (χ0v) is 17.2. The molecular weight excluding hydrogens is 418 g/mol. The first-order valence-corrected chi connectivity index (χ1v) is 12.1. The third kappa shape index (κ3) is 3.41. The van der Waals surface area contributed by atoms with E-state index in [9.17, 15) is 16.8 Å².